The molecule has 18 heavy (non-hydrogen) atoms. The summed E-state index contributed by atoms with van der Waals surface area (Å²) in [5, 5.41) is 8.77. The summed E-state index contributed by atoms with van der Waals surface area (Å²) < 4.78 is 26.3. The number of nitrogens with one attached hydrogen (secondary N) is 1. The molecule has 5 nitrogen and oxygen atoms in total. The molecule has 0 aromatic heterocycles. The van der Waals surface area contributed by atoms with Gasteiger partial charge in [-0.1, -0.05) is 5.92 Å². The molecular formula is C11H10BrNO4S. The smallest absolute Gasteiger partial charge is 0.335 e. The second-order valence-corrected chi connectivity index (χ2v) is 6.00. The zero-order valence-electron chi connectivity index (χ0n) is 9.34. The van der Waals surface area contributed by atoms with Crippen LogP contribution in [0.5, 0.6) is 0 Å². The van der Waals surface area contributed by atoms with Crippen molar-refractivity contribution in [3.05, 3.63) is 28.2 Å². The molecule has 1 unspecified atom stereocenters. The van der Waals surface area contributed by atoms with E-state index in [0.717, 1.165) is 0 Å². The molecule has 96 valence electrons. The molecule has 7 heteroatoms. The Morgan fingerprint density at radius 2 is 2.17 bits per heavy atom. The Morgan fingerprint density at radius 1 is 1.56 bits per heavy atom. The number of hydrogen-bond acceptors (Lipinski definition) is 3. The predicted molar refractivity (Wildman–Crippen MR) is 69.7 cm³/mol. The summed E-state index contributed by atoms with van der Waals surface area (Å²) in [5.41, 5.74) is -0.00850. The lowest BCUT2D eigenvalue weighted by Gasteiger charge is -2.10. The van der Waals surface area contributed by atoms with Gasteiger partial charge in [0, 0.05) is 4.47 Å². The molecule has 0 spiro atoms. The van der Waals surface area contributed by atoms with E-state index < -0.39 is 22.0 Å². The fourth-order valence-corrected chi connectivity index (χ4v) is 3.42. The SMILES string of the molecule is C#CC(C)NS(=O)(=O)c1ccc(C(=O)O)cc1Br. The number of carboxylic acids is 1. The number of rotatable bonds is 4. The molecule has 0 radical (unpaired) electrons. The Bertz CT molecular complexity index is 618. The third-order valence-corrected chi connectivity index (χ3v) is 4.57. The number of terminal acetylenes is 1. The number of halogens is 1. The lowest BCUT2D eigenvalue weighted by atomic mass is 10.2. The van der Waals surface area contributed by atoms with Crippen molar-refractivity contribution in [3.63, 3.8) is 0 Å². The van der Waals surface area contributed by atoms with E-state index in [1.54, 1.807) is 0 Å². The second kappa shape index (κ2) is 5.52. The number of carboxylic acid groups (broad SMARTS) is 1. The molecule has 0 heterocycles. The van der Waals surface area contributed by atoms with E-state index in [4.69, 9.17) is 11.5 Å². The van der Waals surface area contributed by atoms with E-state index in [-0.39, 0.29) is 14.9 Å². The van der Waals surface area contributed by atoms with Crippen LogP contribution in [0, 0.1) is 12.3 Å². The molecule has 0 amide bonds. The van der Waals surface area contributed by atoms with Gasteiger partial charge in [-0.2, -0.15) is 4.72 Å². The Labute approximate surface area is 113 Å². The number of aromatic carboxylic acids is 1. The van der Waals surface area contributed by atoms with Crippen molar-refractivity contribution in [2.75, 3.05) is 0 Å². The van der Waals surface area contributed by atoms with Crippen LogP contribution in [0.15, 0.2) is 27.6 Å². The zero-order chi connectivity index (χ0) is 13.9. The maximum Gasteiger partial charge on any atom is 0.335 e. The first-order chi connectivity index (χ1) is 8.27. The van der Waals surface area contributed by atoms with Gasteiger partial charge in [0.2, 0.25) is 10.0 Å². The Balaban J connectivity index is 3.19. The quantitative estimate of drug-likeness (QED) is 0.818. The normalized spacial score (nSPS) is 12.7. The molecule has 2 N–H and O–H groups in total. The van der Waals surface area contributed by atoms with Crippen LogP contribution < -0.4 is 4.72 Å². The highest BCUT2D eigenvalue weighted by atomic mass is 79.9. The minimum Gasteiger partial charge on any atom is -0.478 e. The third-order valence-electron chi connectivity index (χ3n) is 2.05. The molecular weight excluding hydrogens is 322 g/mol. The third kappa shape index (κ3) is 3.32. The minimum absolute atomic E-state index is 0.00850. The Kier molecular flexibility index (Phi) is 4.51. The molecule has 0 bridgehead atoms. The van der Waals surface area contributed by atoms with Gasteiger partial charge in [-0.15, -0.1) is 6.42 Å². The predicted octanol–water partition coefficient (Wildman–Crippen LogP) is 1.45. The molecule has 1 aromatic rings. The fourth-order valence-electron chi connectivity index (χ4n) is 1.18. The van der Waals surface area contributed by atoms with Crippen molar-refractivity contribution in [1.82, 2.24) is 4.72 Å². The first kappa shape index (κ1) is 14.7. The first-order valence-corrected chi connectivity index (χ1v) is 7.07. The highest BCUT2D eigenvalue weighted by Gasteiger charge is 2.20. The molecule has 0 aliphatic rings. The topological polar surface area (TPSA) is 83.5 Å². The van der Waals surface area contributed by atoms with Crippen LogP contribution in [0.3, 0.4) is 0 Å². The number of benzene rings is 1. The van der Waals surface area contributed by atoms with Crippen molar-refractivity contribution >= 4 is 31.9 Å². The first-order valence-electron chi connectivity index (χ1n) is 4.79. The van der Waals surface area contributed by atoms with Crippen LogP contribution in [-0.4, -0.2) is 25.5 Å². The molecule has 1 aromatic carbocycles. The molecule has 0 saturated heterocycles. The van der Waals surface area contributed by atoms with Crippen molar-refractivity contribution in [3.8, 4) is 12.3 Å². The molecule has 0 fully saturated rings. The molecule has 0 aliphatic carbocycles. The number of carbonyl (C=O) groups is 1. The van der Waals surface area contributed by atoms with E-state index in [2.05, 4.69) is 26.6 Å². The average Bonchev–Trinajstić information content (AvgIpc) is 2.27. The van der Waals surface area contributed by atoms with Crippen LogP contribution >= 0.6 is 15.9 Å². The lowest BCUT2D eigenvalue weighted by molar-refractivity contribution is 0.0696. The van der Waals surface area contributed by atoms with Crippen LogP contribution in [0.1, 0.15) is 17.3 Å². The minimum atomic E-state index is -3.78. The van der Waals surface area contributed by atoms with Gasteiger partial charge in [0.25, 0.3) is 0 Å². The van der Waals surface area contributed by atoms with E-state index in [9.17, 15) is 13.2 Å². The van der Waals surface area contributed by atoms with E-state index in [1.807, 2.05) is 0 Å². The van der Waals surface area contributed by atoms with Gasteiger partial charge in [-0.3, -0.25) is 0 Å². The van der Waals surface area contributed by atoms with Gasteiger partial charge >= 0.3 is 5.97 Å². The van der Waals surface area contributed by atoms with E-state index >= 15 is 0 Å². The second-order valence-electron chi connectivity index (χ2n) is 3.46. The summed E-state index contributed by atoms with van der Waals surface area (Å²) in [6.45, 7) is 1.52. The lowest BCUT2D eigenvalue weighted by Crippen LogP contribution is -2.31. The highest BCUT2D eigenvalue weighted by Crippen LogP contribution is 2.23. The Hall–Kier alpha value is -1.36. The molecule has 0 saturated carbocycles. The van der Waals surface area contributed by atoms with Crippen LogP contribution in [0.2, 0.25) is 0 Å². The van der Waals surface area contributed by atoms with Crippen molar-refractivity contribution in [1.29, 1.82) is 0 Å². The molecule has 0 aliphatic heterocycles. The van der Waals surface area contributed by atoms with E-state index in [1.165, 1.54) is 25.1 Å². The van der Waals surface area contributed by atoms with Crippen molar-refractivity contribution in [2.24, 2.45) is 0 Å². The number of hydrogen-bond donors (Lipinski definition) is 2. The molecule has 1 rings (SSSR count). The monoisotopic (exact) mass is 331 g/mol. The summed E-state index contributed by atoms with van der Waals surface area (Å²) in [4.78, 5) is 10.7. The van der Waals surface area contributed by atoms with Gasteiger partial charge in [-0.05, 0) is 41.1 Å². The number of sulfonamides is 1. The summed E-state index contributed by atoms with van der Waals surface area (Å²) in [6, 6.07) is 2.99. The largest absolute Gasteiger partial charge is 0.478 e. The zero-order valence-corrected chi connectivity index (χ0v) is 11.7. The van der Waals surface area contributed by atoms with Crippen LogP contribution in [-0.2, 0) is 10.0 Å². The van der Waals surface area contributed by atoms with Crippen molar-refractivity contribution in [2.45, 2.75) is 17.9 Å². The van der Waals surface area contributed by atoms with Crippen molar-refractivity contribution < 1.29 is 18.3 Å². The van der Waals surface area contributed by atoms with Gasteiger partial charge in [0.15, 0.2) is 0 Å². The summed E-state index contributed by atoms with van der Waals surface area (Å²) in [5.74, 6) is 1.11. The van der Waals surface area contributed by atoms with Gasteiger partial charge < -0.3 is 5.11 Å². The van der Waals surface area contributed by atoms with Gasteiger partial charge in [0.1, 0.15) is 0 Å². The maximum absolute atomic E-state index is 11.9. The fraction of sp³-hybridized carbons (Fsp3) is 0.182. The summed E-state index contributed by atoms with van der Waals surface area (Å²) in [6.07, 6.45) is 5.09. The summed E-state index contributed by atoms with van der Waals surface area (Å²) >= 11 is 3.03. The van der Waals surface area contributed by atoms with Crippen LogP contribution in [0.4, 0.5) is 0 Å². The van der Waals surface area contributed by atoms with Gasteiger partial charge in [0.05, 0.1) is 16.5 Å². The average molecular weight is 332 g/mol. The molecule has 1 atom stereocenters. The van der Waals surface area contributed by atoms with Gasteiger partial charge in [-0.25, -0.2) is 13.2 Å². The maximum atomic E-state index is 11.9. The summed E-state index contributed by atoms with van der Waals surface area (Å²) in [7, 11) is -3.78. The van der Waals surface area contributed by atoms with Crippen LogP contribution in [0.25, 0.3) is 0 Å². The highest BCUT2D eigenvalue weighted by molar-refractivity contribution is 9.10. The van der Waals surface area contributed by atoms with E-state index in [0.29, 0.717) is 0 Å². The standard InChI is InChI=1S/C11H10BrNO4S/c1-3-7(2)13-18(16,17)10-5-4-8(11(14)15)6-9(10)12/h1,4-7,13H,2H3,(H,14,15). The Morgan fingerprint density at radius 3 is 2.61 bits per heavy atom.